The number of Topliss-reactive ketones (excluding diaryl/α,β-unsaturated/α-hetero) is 1. The van der Waals surface area contributed by atoms with E-state index in [1.54, 1.807) is 0 Å². The molecule has 2 aromatic rings. The number of aromatic hydroxyl groups is 1. The minimum Gasteiger partial charge on any atom is -0.507 e. The number of likely N-dealkylation sites (tertiary alicyclic amines) is 1. The number of phenolic OH excluding ortho intramolecular Hbond substituents is 1. The van der Waals surface area contributed by atoms with Gasteiger partial charge >= 0.3 is 0 Å². The molecule has 3 rings (SSSR count). The predicted octanol–water partition coefficient (Wildman–Crippen LogP) is 7.86. The van der Waals surface area contributed by atoms with E-state index in [4.69, 9.17) is 0 Å². The maximum Gasteiger partial charge on any atom is 0.182 e. The standard InChI is InChI=1S/C31H43BrN2O2/c1-8-9-15-22-19-34(29(33-32)24(22)16-21-13-11-10-12-14-21)20-27(35)23-17-25(30(2,3)4)28(36)26(18-23)31(5,6)7/h10-14,17-18,22,24,36H,8-9,15-16,19-20H2,1-7H3/b33-29-/t22-,24+/m0/s1. The molecule has 1 saturated heterocycles. The number of hydrogen-bond donors (Lipinski definition) is 1. The molecule has 2 aromatic carbocycles. The van der Waals surface area contributed by atoms with Gasteiger partial charge in [0.25, 0.3) is 0 Å². The average Bonchev–Trinajstić information content (AvgIpc) is 3.12. The Morgan fingerprint density at radius 3 is 2.14 bits per heavy atom. The molecule has 0 radical (unpaired) electrons. The highest BCUT2D eigenvalue weighted by atomic mass is 79.9. The van der Waals surface area contributed by atoms with Crippen molar-refractivity contribution < 1.29 is 9.90 Å². The number of halogens is 1. The fourth-order valence-electron chi connectivity index (χ4n) is 5.30. The highest BCUT2D eigenvalue weighted by molar-refractivity contribution is 9.08. The van der Waals surface area contributed by atoms with Crippen LogP contribution in [-0.4, -0.2) is 34.7 Å². The molecule has 0 amide bonds. The van der Waals surface area contributed by atoms with E-state index in [1.807, 2.05) is 18.2 Å². The molecular weight excluding hydrogens is 512 g/mol. The Labute approximate surface area is 226 Å². The van der Waals surface area contributed by atoms with Crippen molar-refractivity contribution in [2.24, 2.45) is 15.9 Å². The lowest BCUT2D eigenvalue weighted by atomic mass is 9.78. The Morgan fingerprint density at radius 1 is 1.06 bits per heavy atom. The molecule has 2 atom stereocenters. The fraction of sp³-hybridized carbons (Fsp3) is 0.548. The van der Waals surface area contributed by atoms with Gasteiger partial charge in [0.2, 0.25) is 0 Å². The summed E-state index contributed by atoms with van der Waals surface area (Å²) >= 11 is 3.40. The molecule has 1 fully saturated rings. The van der Waals surface area contributed by atoms with Crippen LogP contribution < -0.4 is 0 Å². The molecule has 0 spiro atoms. The number of ketones is 1. The molecule has 1 aliphatic heterocycles. The summed E-state index contributed by atoms with van der Waals surface area (Å²) in [5.41, 5.74) is 3.04. The summed E-state index contributed by atoms with van der Waals surface area (Å²) in [7, 11) is 0. The Hall–Kier alpha value is -2.14. The summed E-state index contributed by atoms with van der Waals surface area (Å²) in [4.78, 5) is 15.9. The van der Waals surface area contributed by atoms with Crippen LogP contribution in [0.25, 0.3) is 0 Å². The van der Waals surface area contributed by atoms with E-state index >= 15 is 0 Å². The van der Waals surface area contributed by atoms with Crippen LogP contribution in [0.5, 0.6) is 5.75 Å². The number of rotatable bonds is 8. The molecule has 0 aromatic heterocycles. The quantitative estimate of drug-likeness (QED) is 0.338. The molecular formula is C31H43BrN2O2. The molecule has 196 valence electrons. The molecule has 1 heterocycles. The van der Waals surface area contributed by atoms with Crippen LogP contribution in [-0.2, 0) is 17.3 Å². The molecule has 36 heavy (non-hydrogen) atoms. The molecule has 1 N–H and O–H groups in total. The van der Waals surface area contributed by atoms with Gasteiger partial charge in [-0.15, -0.1) is 0 Å². The van der Waals surface area contributed by atoms with Gasteiger partial charge in [-0.25, -0.2) is 0 Å². The van der Waals surface area contributed by atoms with Gasteiger partial charge in [-0.05, 0) is 47.3 Å². The second-order valence-corrected chi connectivity index (χ2v) is 12.7. The van der Waals surface area contributed by atoms with E-state index in [0.717, 1.165) is 42.8 Å². The first-order chi connectivity index (χ1) is 16.9. The Morgan fingerprint density at radius 2 is 1.64 bits per heavy atom. The van der Waals surface area contributed by atoms with Crippen molar-refractivity contribution in [3.05, 3.63) is 64.7 Å². The average molecular weight is 556 g/mol. The lowest BCUT2D eigenvalue weighted by Crippen LogP contribution is -2.33. The zero-order valence-electron chi connectivity index (χ0n) is 23.1. The Kier molecular flexibility index (Phi) is 9.08. The predicted molar refractivity (Wildman–Crippen MR) is 154 cm³/mol. The zero-order chi connectivity index (χ0) is 26.7. The fourth-order valence-corrected chi connectivity index (χ4v) is 5.79. The van der Waals surface area contributed by atoms with E-state index in [0.29, 0.717) is 17.2 Å². The van der Waals surface area contributed by atoms with Gasteiger partial charge in [0.1, 0.15) is 11.6 Å². The van der Waals surface area contributed by atoms with Crippen molar-refractivity contribution in [3.8, 4) is 5.75 Å². The first kappa shape index (κ1) is 28.4. The van der Waals surface area contributed by atoms with Crippen molar-refractivity contribution in [1.29, 1.82) is 0 Å². The Bertz CT molecular complexity index is 1040. The zero-order valence-corrected chi connectivity index (χ0v) is 24.7. The van der Waals surface area contributed by atoms with Crippen molar-refractivity contribution in [3.63, 3.8) is 0 Å². The number of amidine groups is 1. The maximum absolute atomic E-state index is 13.7. The van der Waals surface area contributed by atoms with E-state index in [9.17, 15) is 9.90 Å². The molecule has 4 nitrogen and oxygen atoms in total. The number of hydrogen-bond acceptors (Lipinski definition) is 3. The van der Waals surface area contributed by atoms with Gasteiger partial charge < -0.3 is 10.0 Å². The summed E-state index contributed by atoms with van der Waals surface area (Å²) < 4.78 is 4.54. The highest BCUT2D eigenvalue weighted by Gasteiger charge is 2.39. The van der Waals surface area contributed by atoms with Crippen LogP contribution in [0.15, 0.2) is 46.5 Å². The van der Waals surface area contributed by atoms with Gasteiger partial charge in [-0.2, -0.15) is 4.02 Å². The van der Waals surface area contributed by atoms with Crippen LogP contribution in [0, 0.1) is 11.8 Å². The Balaban J connectivity index is 1.92. The second kappa shape index (κ2) is 11.5. The lowest BCUT2D eigenvalue weighted by molar-refractivity contribution is 0.0963. The molecule has 0 aliphatic carbocycles. The molecule has 5 heteroatoms. The summed E-state index contributed by atoms with van der Waals surface area (Å²) in [5, 5.41) is 11.1. The number of benzene rings is 2. The second-order valence-electron chi connectivity index (χ2n) is 12.4. The molecule has 1 aliphatic rings. The largest absolute Gasteiger partial charge is 0.507 e. The highest BCUT2D eigenvalue weighted by Crippen LogP contribution is 2.40. The lowest BCUT2D eigenvalue weighted by Gasteiger charge is -2.28. The summed E-state index contributed by atoms with van der Waals surface area (Å²) in [6, 6.07) is 14.4. The monoisotopic (exact) mass is 554 g/mol. The minimum absolute atomic E-state index is 0.0641. The van der Waals surface area contributed by atoms with Crippen LogP contribution in [0.4, 0.5) is 0 Å². The van der Waals surface area contributed by atoms with Crippen LogP contribution in [0.2, 0.25) is 0 Å². The van der Waals surface area contributed by atoms with Gasteiger partial charge in [0.15, 0.2) is 5.78 Å². The van der Waals surface area contributed by atoms with Crippen LogP contribution in [0.3, 0.4) is 0 Å². The minimum atomic E-state index is -0.275. The van der Waals surface area contributed by atoms with E-state index in [1.165, 1.54) is 12.0 Å². The van der Waals surface area contributed by atoms with Crippen LogP contribution >= 0.6 is 16.1 Å². The molecule has 0 bridgehead atoms. The van der Waals surface area contributed by atoms with Crippen LogP contribution in [0.1, 0.15) is 94.8 Å². The first-order valence-corrected chi connectivity index (χ1v) is 14.0. The van der Waals surface area contributed by atoms with E-state index in [-0.39, 0.29) is 29.1 Å². The van der Waals surface area contributed by atoms with Crippen molar-refractivity contribution in [2.75, 3.05) is 13.1 Å². The number of carbonyl (C=O) groups is 1. The first-order valence-electron chi connectivity index (χ1n) is 13.3. The van der Waals surface area contributed by atoms with Crippen molar-refractivity contribution in [1.82, 2.24) is 4.90 Å². The van der Waals surface area contributed by atoms with Crippen molar-refractivity contribution in [2.45, 2.75) is 85.0 Å². The number of unbranched alkanes of at least 4 members (excludes halogenated alkanes) is 1. The maximum atomic E-state index is 13.7. The van der Waals surface area contributed by atoms with Gasteiger partial charge in [-0.3, -0.25) is 4.79 Å². The summed E-state index contributed by atoms with van der Waals surface area (Å²) in [6.45, 7) is 15.8. The third-order valence-electron chi connectivity index (χ3n) is 7.38. The van der Waals surface area contributed by atoms with Gasteiger partial charge in [0, 0.05) is 29.2 Å². The van der Waals surface area contributed by atoms with Gasteiger partial charge in [-0.1, -0.05) is 91.6 Å². The smallest absolute Gasteiger partial charge is 0.182 e. The number of nitrogens with zero attached hydrogens (tertiary/aromatic N) is 2. The normalized spacial score (nSPS) is 19.8. The third-order valence-corrected chi connectivity index (χ3v) is 7.74. The number of carbonyl (C=O) groups excluding carboxylic acids is 1. The van der Waals surface area contributed by atoms with E-state index in [2.05, 4.69) is 97.8 Å². The SMILES string of the molecule is CCCC[C@H]1CN(CC(=O)c2cc(C(C)(C)C)c(O)c(C(C)(C)C)c2)/C(=N\Br)[C@@H]1Cc1ccccc1. The molecule has 0 unspecified atom stereocenters. The van der Waals surface area contributed by atoms with Crippen molar-refractivity contribution >= 4 is 27.8 Å². The van der Waals surface area contributed by atoms with Gasteiger partial charge in [0.05, 0.1) is 22.7 Å². The topological polar surface area (TPSA) is 52.9 Å². The summed E-state index contributed by atoms with van der Waals surface area (Å²) in [6.07, 6.45) is 4.39. The summed E-state index contributed by atoms with van der Waals surface area (Å²) in [5.74, 6) is 2.08. The van der Waals surface area contributed by atoms with E-state index < -0.39 is 0 Å². The molecule has 0 saturated carbocycles. The number of phenols is 1. The third kappa shape index (κ3) is 6.59.